The Balaban J connectivity index is 1.53. The zero-order valence-electron chi connectivity index (χ0n) is 26.3. The standard InChI is InChI=1S/C35H43N3O8/c1-2-43-32(39)20-25-38(35(42)46-28-31-18-10-5-11-19-31)24-13-23-37(34(41)45-27-30-16-8-4-9-17-30)22-12-21-36-33(40)44-26-29-14-6-3-7-15-29/h3-11,14-19H,2,12-13,20-28H2,1H3,(H,36,40). The first-order chi connectivity index (χ1) is 22.4. The lowest BCUT2D eigenvalue weighted by atomic mass is 10.2. The Bertz CT molecular complexity index is 1330. The number of benzene rings is 3. The van der Waals surface area contributed by atoms with Crippen molar-refractivity contribution in [3.8, 4) is 0 Å². The number of amides is 3. The minimum atomic E-state index is -0.565. The molecule has 0 radical (unpaired) electrons. The van der Waals surface area contributed by atoms with Crippen LogP contribution < -0.4 is 5.32 Å². The minimum absolute atomic E-state index is 0.0170. The average molecular weight is 634 g/mol. The number of nitrogens with one attached hydrogen (secondary N) is 1. The smallest absolute Gasteiger partial charge is 0.410 e. The molecule has 0 bridgehead atoms. The highest BCUT2D eigenvalue weighted by atomic mass is 16.6. The molecule has 3 aromatic carbocycles. The molecular formula is C35H43N3O8. The molecule has 3 amide bonds. The van der Waals surface area contributed by atoms with Gasteiger partial charge in [-0.05, 0) is 36.5 Å². The lowest BCUT2D eigenvalue weighted by Gasteiger charge is -2.25. The van der Waals surface area contributed by atoms with Crippen LogP contribution in [0.1, 0.15) is 42.9 Å². The molecule has 0 heterocycles. The Labute approximate surface area is 270 Å². The van der Waals surface area contributed by atoms with E-state index in [0.29, 0.717) is 19.4 Å². The number of ether oxygens (including phenoxy) is 4. The maximum Gasteiger partial charge on any atom is 0.410 e. The Morgan fingerprint density at radius 2 is 1.00 bits per heavy atom. The van der Waals surface area contributed by atoms with Crippen LogP contribution in [0, 0.1) is 0 Å². The van der Waals surface area contributed by atoms with Crippen LogP contribution in [0.5, 0.6) is 0 Å². The fraction of sp³-hybridized carbons (Fsp3) is 0.371. The van der Waals surface area contributed by atoms with Crippen LogP contribution in [0.25, 0.3) is 0 Å². The Kier molecular flexibility index (Phi) is 16.0. The van der Waals surface area contributed by atoms with E-state index < -0.39 is 24.2 Å². The molecule has 0 aliphatic rings. The summed E-state index contributed by atoms with van der Waals surface area (Å²) in [5, 5.41) is 2.71. The molecule has 0 aliphatic heterocycles. The highest BCUT2D eigenvalue weighted by Gasteiger charge is 2.20. The number of esters is 1. The zero-order chi connectivity index (χ0) is 32.8. The van der Waals surface area contributed by atoms with Gasteiger partial charge in [-0.1, -0.05) is 91.0 Å². The van der Waals surface area contributed by atoms with Crippen molar-refractivity contribution in [2.45, 2.75) is 46.0 Å². The summed E-state index contributed by atoms with van der Waals surface area (Å²) in [4.78, 5) is 53.2. The molecule has 0 saturated heterocycles. The molecule has 0 spiro atoms. The molecule has 3 aromatic rings. The van der Waals surface area contributed by atoms with E-state index in [1.807, 2.05) is 91.0 Å². The summed E-state index contributed by atoms with van der Waals surface area (Å²) in [5.74, 6) is -0.413. The van der Waals surface area contributed by atoms with Gasteiger partial charge in [0.05, 0.1) is 13.0 Å². The van der Waals surface area contributed by atoms with Crippen molar-refractivity contribution in [2.75, 3.05) is 39.3 Å². The Hall–Kier alpha value is -5.06. The van der Waals surface area contributed by atoms with Crippen LogP contribution >= 0.6 is 0 Å². The van der Waals surface area contributed by atoms with E-state index >= 15 is 0 Å². The van der Waals surface area contributed by atoms with Gasteiger partial charge in [0, 0.05) is 32.7 Å². The van der Waals surface area contributed by atoms with Crippen molar-refractivity contribution in [2.24, 2.45) is 0 Å². The van der Waals surface area contributed by atoms with Crippen LogP contribution in [0.3, 0.4) is 0 Å². The van der Waals surface area contributed by atoms with Gasteiger partial charge in [0.15, 0.2) is 0 Å². The second kappa shape index (κ2) is 20.8. The van der Waals surface area contributed by atoms with E-state index in [1.54, 1.807) is 11.8 Å². The second-order valence-electron chi connectivity index (χ2n) is 10.3. The van der Waals surface area contributed by atoms with Crippen molar-refractivity contribution in [3.05, 3.63) is 108 Å². The molecule has 0 fully saturated rings. The summed E-state index contributed by atoms with van der Waals surface area (Å²) >= 11 is 0. The van der Waals surface area contributed by atoms with E-state index in [1.165, 1.54) is 4.90 Å². The topological polar surface area (TPSA) is 124 Å². The molecule has 0 saturated carbocycles. The van der Waals surface area contributed by atoms with E-state index in [2.05, 4.69) is 5.32 Å². The zero-order valence-corrected chi connectivity index (χ0v) is 26.3. The van der Waals surface area contributed by atoms with Crippen molar-refractivity contribution in [1.29, 1.82) is 0 Å². The van der Waals surface area contributed by atoms with E-state index in [9.17, 15) is 19.2 Å². The molecule has 0 aliphatic carbocycles. The van der Waals surface area contributed by atoms with Gasteiger partial charge < -0.3 is 34.1 Å². The number of hydrogen-bond donors (Lipinski definition) is 1. The van der Waals surface area contributed by atoms with Gasteiger partial charge >= 0.3 is 24.2 Å². The molecule has 11 nitrogen and oxygen atoms in total. The predicted molar refractivity (Wildman–Crippen MR) is 172 cm³/mol. The fourth-order valence-corrected chi connectivity index (χ4v) is 4.36. The minimum Gasteiger partial charge on any atom is -0.466 e. The summed E-state index contributed by atoms with van der Waals surface area (Å²) in [6.07, 6.45) is -0.760. The van der Waals surface area contributed by atoms with Crippen molar-refractivity contribution >= 4 is 24.2 Å². The van der Waals surface area contributed by atoms with E-state index in [-0.39, 0.29) is 59.0 Å². The molecule has 11 heteroatoms. The lowest BCUT2D eigenvalue weighted by Crippen LogP contribution is -2.39. The summed E-state index contributed by atoms with van der Waals surface area (Å²) in [6, 6.07) is 28.0. The van der Waals surface area contributed by atoms with Crippen molar-refractivity contribution in [3.63, 3.8) is 0 Å². The highest BCUT2D eigenvalue weighted by molar-refractivity contribution is 5.72. The number of rotatable bonds is 18. The second-order valence-corrected chi connectivity index (χ2v) is 10.3. The summed E-state index contributed by atoms with van der Waals surface area (Å²) in [6.45, 7) is 3.53. The van der Waals surface area contributed by atoms with E-state index in [0.717, 1.165) is 16.7 Å². The molecule has 46 heavy (non-hydrogen) atoms. The molecule has 246 valence electrons. The summed E-state index contributed by atoms with van der Waals surface area (Å²) < 4.78 is 21.3. The number of hydrogen-bond acceptors (Lipinski definition) is 8. The first kappa shape index (κ1) is 35.4. The first-order valence-corrected chi connectivity index (χ1v) is 15.5. The van der Waals surface area contributed by atoms with Gasteiger partial charge in [-0.3, -0.25) is 4.79 Å². The molecule has 0 aromatic heterocycles. The monoisotopic (exact) mass is 633 g/mol. The Morgan fingerprint density at radius 3 is 1.48 bits per heavy atom. The van der Waals surface area contributed by atoms with Crippen LogP contribution in [-0.2, 0) is 43.6 Å². The number of carbonyl (C=O) groups excluding carboxylic acids is 4. The van der Waals surface area contributed by atoms with Crippen molar-refractivity contribution in [1.82, 2.24) is 15.1 Å². The summed E-state index contributed by atoms with van der Waals surface area (Å²) in [7, 11) is 0. The van der Waals surface area contributed by atoms with Crippen LogP contribution in [0.2, 0.25) is 0 Å². The quantitative estimate of drug-likeness (QED) is 0.104. The SMILES string of the molecule is CCOC(=O)CCN(CCCN(CCCNC(=O)OCc1ccccc1)C(=O)OCc1ccccc1)C(=O)OCc1ccccc1. The normalized spacial score (nSPS) is 10.4. The maximum atomic E-state index is 13.1. The highest BCUT2D eigenvalue weighted by Crippen LogP contribution is 2.09. The lowest BCUT2D eigenvalue weighted by molar-refractivity contribution is -0.143. The van der Waals surface area contributed by atoms with Gasteiger partial charge in [0.25, 0.3) is 0 Å². The Morgan fingerprint density at radius 1 is 0.565 bits per heavy atom. The van der Waals surface area contributed by atoms with Crippen LogP contribution in [0.4, 0.5) is 14.4 Å². The maximum absolute atomic E-state index is 13.1. The summed E-state index contributed by atoms with van der Waals surface area (Å²) in [5.41, 5.74) is 2.57. The fourth-order valence-electron chi connectivity index (χ4n) is 4.36. The van der Waals surface area contributed by atoms with Crippen LogP contribution in [-0.4, -0.2) is 73.4 Å². The van der Waals surface area contributed by atoms with E-state index in [4.69, 9.17) is 18.9 Å². The molecule has 0 unspecified atom stereocenters. The molecule has 1 N–H and O–H groups in total. The third-order valence-corrected chi connectivity index (χ3v) is 6.76. The van der Waals surface area contributed by atoms with Gasteiger partial charge in [-0.25, -0.2) is 14.4 Å². The predicted octanol–water partition coefficient (Wildman–Crippen LogP) is 5.92. The van der Waals surface area contributed by atoms with Gasteiger partial charge in [-0.15, -0.1) is 0 Å². The average Bonchev–Trinajstić information content (AvgIpc) is 3.09. The van der Waals surface area contributed by atoms with Crippen LogP contribution in [0.15, 0.2) is 91.0 Å². The number of carbonyl (C=O) groups is 4. The molecule has 0 atom stereocenters. The third-order valence-electron chi connectivity index (χ3n) is 6.76. The molecule has 3 rings (SSSR count). The number of nitrogens with zero attached hydrogens (tertiary/aromatic N) is 2. The largest absolute Gasteiger partial charge is 0.466 e. The van der Waals surface area contributed by atoms with Gasteiger partial charge in [0.2, 0.25) is 0 Å². The van der Waals surface area contributed by atoms with Gasteiger partial charge in [0.1, 0.15) is 19.8 Å². The van der Waals surface area contributed by atoms with Gasteiger partial charge in [-0.2, -0.15) is 0 Å². The number of alkyl carbamates (subject to hydrolysis) is 1. The third kappa shape index (κ3) is 14.1. The molecular weight excluding hydrogens is 590 g/mol. The first-order valence-electron chi connectivity index (χ1n) is 15.5. The van der Waals surface area contributed by atoms with Crippen molar-refractivity contribution < 1.29 is 38.1 Å².